The first-order chi connectivity index (χ1) is 25.2. The van der Waals surface area contributed by atoms with Gasteiger partial charge in [-0.3, -0.25) is 14.5 Å². The van der Waals surface area contributed by atoms with E-state index in [1.54, 1.807) is 5.38 Å². The first-order valence-electron chi connectivity index (χ1n) is 16.0. The van der Waals surface area contributed by atoms with Crippen LogP contribution < -0.4 is 10.6 Å². The first-order valence-corrected chi connectivity index (χ1v) is 17.9. The third kappa shape index (κ3) is 6.95. The van der Waals surface area contributed by atoms with Crippen LogP contribution in [-0.2, 0) is 24.7 Å². The van der Waals surface area contributed by atoms with Gasteiger partial charge in [-0.05, 0) is 16.7 Å². The van der Waals surface area contributed by atoms with Crippen molar-refractivity contribution < 1.29 is 39.3 Å². The molecule has 4 aromatic rings. The number of aliphatic carboxylic acids is 1. The van der Waals surface area contributed by atoms with Gasteiger partial charge in [0.2, 0.25) is 0 Å². The lowest BCUT2D eigenvalue weighted by atomic mass is 9.77. The van der Waals surface area contributed by atoms with E-state index in [9.17, 15) is 29.5 Å². The Hall–Kier alpha value is -5.71. The Kier molecular flexibility index (Phi) is 10.9. The summed E-state index contributed by atoms with van der Waals surface area (Å²) in [5, 5.41) is 39.6. The molecule has 1 aromatic heterocycles. The number of ether oxygens (including phenoxy) is 1. The lowest BCUT2D eigenvalue weighted by Gasteiger charge is -2.49. The van der Waals surface area contributed by atoms with Crippen LogP contribution in [0.1, 0.15) is 22.4 Å². The normalized spacial score (nSPS) is 17.2. The summed E-state index contributed by atoms with van der Waals surface area (Å²) in [4.78, 5) is 58.0. The summed E-state index contributed by atoms with van der Waals surface area (Å²) >= 11 is 2.38. The van der Waals surface area contributed by atoms with E-state index in [1.807, 2.05) is 91.0 Å². The second kappa shape index (κ2) is 15.7. The molecule has 2 atom stereocenters. The van der Waals surface area contributed by atoms with Crippen molar-refractivity contribution >= 4 is 57.8 Å². The molecule has 52 heavy (non-hydrogen) atoms. The average molecular weight is 743 g/mol. The number of likely N-dealkylation sites (N-methyl/N-ethyl adjacent to an activating group) is 1. The molecule has 16 heteroatoms. The number of aromatic nitrogens is 1. The summed E-state index contributed by atoms with van der Waals surface area (Å²) in [5.74, 6) is -2.87. The second-order valence-corrected chi connectivity index (χ2v) is 13.7. The number of amides is 3. The van der Waals surface area contributed by atoms with E-state index in [4.69, 9.17) is 9.84 Å². The number of thiazole rings is 1. The Morgan fingerprint density at radius 2 is 1.58 bits per heavy atom. The fraction of sp³-hybridized carbons (Fsp3) is 0.222. The van der Waals surface area contributed by atoms with Crippen molar-refractivity contribution in [3.63, 3.8) is 0 Å². The van der Waals surface area contributed by atoms with Crippen molar-refractivity contribution in [2.75, 3.05) is 37.9 Å². The molecule has 2 aliphatic heterocycles. The number of aliphatic hydroxyl groups excluding tert-OH is 1. The van der Waals surface area contributed by atoms with E-state index < -0.39 is 46.5 Å². The van der Waals surface area contributed by atoms with E-state index in [-0.39, 0.29) is 42.5 Å². The Balaban J connectivity index is 1.21. The van der Waals surface area contributed by atoms with E-state index in [0.717, 1.165) is 26.5 Å². The maximum absolute atomic E-state index is 13.5. The number of oxime groups is 1. The highest BCUT2D eigenvalue weighted by Crippen LogP contribution is 2.42. The Morgan fingerprint density at radius 1 is 1.00 bits per heavy atom. The highest BCUT2D eigenvalue weighted by atomic mass is 32.2. The number of nitrogens with zero attached hydrogens (tertiary/aromatic N) is 4. The van der Waals surface area contributed by atoms with Gasteiger partial charge in [0.05, 0.1) is 6.61 Å². The number of carbonyl (C=O) groups excluding carboxylic acids is 3. The van der Waals surface area contributed by atoms with E-state index in [2.05, 4.69) is 20.8 Å². The Morgan fingerprint density at radius 3 is 2.10 bits per heavy atom. The number of carbonyl (C=O) groups is 4. The summed E-state index contributed by atoms with van der Waals surface area (Å²) in [6.07, 6.45) is -0.763. The number of hydrogen-bond donors (Lipinski definition) is 5. The molecular formula is C36H34N6O8S2. The van der Waals surface area contributed by atoms with Crippen molar-refractivity contribution in [3.05, 3.63) is 130 Å². The minimum Gasteiger partial charge on any atom is -0.477 e. The molecule has 2 aliphatic rings. The van der Waals surface area contributed by atoms with Gasteiger partial charge in [-0.2, -0.15) is 0 Å². The summed E-state index contributed by atoms with van der Waals surface area (Å²) in [6.45, 7) is -0.624. The predicted octanol–water partition coefficient (Wildman–Crippen LogP) is 3.52. The van der Waals surface area contributed by atoms with Gasteiger partial charge in [0, 0.05) is 30.3 Å². The molecule has 3 aromatic carbocycles. The van der Waals surface area contributed by atoms with Crippen molar-refractivity contribution in [1.82, 2.24) is 20.1 Å². The molecule has 0 unspecified atom stereocenters. The van der Waals surface area contributed by atoms with Crippen LogP contribution in [0.2, 0.25) is 0 Å². The number of β-lactam (4-membered cyclic amide) rings is 1. The number of hydrogen-bond acceptors (Lipinski definition) is 12. The third-order valence-electron chi connectivity index (χ3n) is 8.63. The van der Waals surface area contributed by atoms with Gasteiger partial charge in [0.15, 0.2) is 10.8 Å². The van der Waals surface area contributed by atoms with Crippen LogP contribution in [0.3, 0.4) is 0 Å². The second-order valence-electron chi connectivity index (χ2n) is 11.8. The smallest absolute Gasteiger partial charge is 0.409 e. The van der Waals surface area contributed by atoms with Crippen LogP contribution in [0.4, 0.5) is 9.93 Å². The minimum atomic E-state index is -1.39. The molecule has 14 nitrogen and oxygen atoms in total. The fourth-order valence-corrected chi connectivity index (χ4v) is 8.18. The average Bonchev–Trinajstić information content (AvgIpc) is 3.63. The molecule has 3 amide bonds. The highest BCUT2D eigenvalue weighted by Gasteiger charge is 2.54. The molecule has 0 bridgehead atoms. The Labute approximate surface area is 306 Å². The van der Waals surface area contributed by atoms with E-state index >= 15 is 0 Å². The van der Waals surface area contributed by atoms with E-state index in [1.165, 1.54) is 30.1 Å². The number of rotatable bonds is 13. The lowest BCUT2D eigenvalue weighted by molar-refractivity contribution is -0.150. The molecule has 3 heterocycles. The highest BCUT2D eigenvalue weighted by molar-refractivity contribution is 8.00. The van der Waals surface area contributed by atoms with Crippen LogP contribution in [0.25, 0.3) is 0 Å². The number of nitrogens with one attached hydrogen (secondary N) is 2. The number of anilines is 1. The zero-order valence-electron chi connectivity index (χ0n) is 27.7. The van der Waals surface area contributed by atoms with Crippen molar-refractivity contribution in [1.29, 1.82) is 0 Å². The van der Waals surface area contributed by atoms with Gasteiger partial charge in [-0.1, -0.05) is 96.2 Å². The molecule has 5 N–H and O–H groups in total. The molecule has 6 rings (SSSR count). The molecule has 1 saturated heterocycles. The maximum atomic E-state index is 13.5. The predicted molar refractivity (Wildman–Crippen MR) is 194 cm³/mol. The number of fused-ring (bicyclic) bond motifs is 1. The summed E-state index contributed by atoms with van der Waals surface area (Å²) in [7, 11) is 1.42. The summed E-state index contributed by atoms with van der Waals surface area (Å²) in [5.41, 5.74) is 1.38. The van der Waals surface area contributed by atoms with E-state index in [0.29, 0.717) is 5.13 Å². The number of carboxylic acid groups (broad SMARTS) is 1. The Bertz CT molecular complexity index is 1910. The molecule has 0 radical (unpaired) electrons. The van der Waals surface area contributed by atoms with Crippen LogP contribution in [0.5, 0.6) is 0 Å². The topological polar surface area (TPSA) is 194 Å². The molecular weight excluding hydrogens is 709 g/mol. The zero-order chi connectivity index (χ0) is 36.8. The van der Waals surface area contributed by atoms with Gasteiger partial charge in [0.1, 0.15) is 35.0 Å². The van der Waals surface area contributed by atoms with Crippen molar-refractivity contribution in [2.24, 2.45) is 5.16 Å². The van der Waals surface area contributed by atoms with Crippen LogP contribution in [0, 0.1) is 0 Å². The standard InChI is InChI=1S/C36H34N6O8S2/c1-41(17-18-43)35(48)50-19-22-20-51-32-28(31(45)42(32)29(22)33(46)47)38-30(44)27(40-49)26-21-52-34(37-26)39-36(23-11-5-2-6-12-23,24-13-7-3-8-14-24)25-15-9-4-10-16-25/h2-16,21,28,32,43,49H,17-20H2,1H3,(H,37,39)(H,38,44)(H,46,47)/b40-27-/t28-,32-/m1/s1. The lowest BCUT2D eigenvalue weighted by Crippen LogP contribution is -2.71. The molecule has 1 fully saturated rings. The third-order valence-corrected chi connectivity index (χ3v) is 10.7. The van der Waals surface area contributed by atoms with Crippen LogP contribution >= 0.6 is 23.1 Å². The first kappa shape index (κ1) is 36.1. The summed E-state index contributed by atoms with van der Waals surface area (Å²) in [6, 6.07) is 28.4. The zero-order valence-corrected chi connectivity index (χ0v) is 29.3. The van der Waals surface area contributed by atoms with Crippen LogP contribution in [0.15, 0.2) is 113 Å². The quantitative estimate of drug-likeness (QED) is 0.0443. The van der Waals surface area contributed by atoms with Gasteiger partial charge < -0.3 is 35.7 Å². The SMILES string of the molecule is CN(CCO)C(=O)OCC1=C(C(=O)O)N2C(=O)[C@@H](NC(=O)/C(=N\O)c3csc(NC(c4ccccc4)(c4ccccc4)c4ccccc4)n3)[C@H]2SC1. The minimum absolute atomic E-state index is 0.0280. The number of aliphatic hydroxyl groups is 1. The van der Waals surface area contributed by atoms with Gasteiger partial charge in [0.25, 0.3) is 11.8 Å². The maximum Gasteiger partial charge on any atom is 0.409 e. The van der Waals surface area contributed by atoms with Gasteiger partial charge in [-0.15, -0.1) is 23.1 Å². The molecule has 0 saturated carbocycles. The van der Waals surface area contributed by atoms with Crippen molar-refractivity contribution in [2.45, 2.75) is 17.0 Å². The van der Waals surface area contributed by atoms with Crippen LogP contribution in [-0.4, -0.2) is 104 Å². The fourth-order valence-electron chi connectivity index (χ4n) is 6.10. The molecule has 268 valence electrons. The van der Waals surface area contributed by atoms with Gasteiger partial charge in [-0.25, -0.2) is 14.6 Å². The summed E-state index contributed by atoms with van der Waals surface area (Å²) < 4.78 is 5.19. The number of carboxylic acids is 1. The number of benzene rings is 3. The molecule has 0 spiro atoms. The molecule has 0 aliphatic carbocycles. The largest absolute Gasteiger partial charge is 0.477 e. The van der Waals surface area contributed by atoms with Gasteiger partial charge >= 0.3 is 12.1 Å². The monoisotopic (exact) mass is 742 g/mol. The van der Waals surface area contributed by atoms with Crippen molar-refractivity contribution in [3.8, 4) is 0 Å². The number of thioether (sulfide) groups is 1.